The molecule has 1 aromatic rings. The highest BCUT2D eigenvalue weighted by molar-refractivity contribution is 8.01. The first kappa shape index (κ1) is 10.6. The van der Waals surface area contributed by atoms with Gasteiger partial charge < -0.3 is 11.5 Å². The number of hydrogen-bond acceptors (Lipinski definition) is 4. The highest BCUT2D eigenvalue weighted by atomic mass is 32.2. The van der Waals surface area contributed by atoms with Gasteiger partial charge in [-0.15, -0.1) is 23.5 Å². The second-order valence-electron chi connectivity index (χ2n) is 2.76. The fraction of sp³-hybridized carbons (Fsp3) is 0.333. The maximum Gasteiger partial charge on any atom is 0.0697 e. The molecule has 0 fully saturated rings. The number of rotatable bonds is 2. The summed E-state index contributed by atoms with van der Waals surface area (Å²) in [5, 5.41) is 0. The summed E-state index contributed by atoms with van der Waals surface area (Å²) in [5.41, 5.74) is 14.2. The van der Waals surface area contributed by atoms with Crippen LogP contribution in [0.3, 0.4) is 0 Å². The lowest BCUT2D eigenvalue weighted by atomic mass is 10.2. The number of anilines is 2. The van der Waals surface area contributed by atoms with Crippen LogP contribution in [0.15, 0.2) is 15.9 Å². The van der Waals surface area contributed by atoms with Gasteiger partial charge >= 0.3 is 0 Å². The van der Waals surface area contributed by atoms with Gasteiger partial charge in [-0.2, -0.15) is 0 Å². The van der Waals surface area contributed by atoms with Crippen molar-refractivity contribution in [3.63, 3.8) is 0 Å². The first-order chi connectivity index (χ1) is 6.11. The molecule has 0 amide bonds. The molecule has 2 nitrogen and oxygen atoms in total. The van der Waals surface area contributed by atoms with Crippen LogP contribution in [0.25, 0.3) is 0 Å². The van der Waals surface area contributed by atoms with E-state index in [1.807, 2.05) is 12.3 Å². The fourth-order valence-corrected chi connectivity index (χ4v) is 3.13. The number of benzene rings is 1. The second-order valence-corrected chi connectivity index (χ2v) is 4.40. The van der Waals surface area contributed by atoms with Crippen LogP contribution in [0.2, 0.25) is 0 Å². The van der Waals surface area contributed by atoms with E-state index in [9.17, 15) is 0 Å². The molecule has 4 heteroatoms. The van der Waals surface area contributed by atoms with Gasteiger partial charge in [0.25, 0.3) is 0 Å². The normalized spacial score (nSPS) is 10.4. The maximum absolute atomic E-state index is 5.88. The lowest BCUT2D eigenvalue weighted by molar-refractivity contribution is 1.18. The van der Waals surface area contributed by atoms with Crippen LogP contribution in [0.5, 0.6) is 0 Å². The van der Waals surface area contributed by atoms with E-state index in [2.05, 4.69) is 13.2 Å². The number of aryl methyl sites for hydroxylation is 1. The average molecular weight is 214 g/mol. The van der Waals surface area contributed by atoms with E-state index in [1.165, 1.54) is 10.5 Å². The molecule has 0 aliphatic heterocycles. The monoisotopic (exact) mass is 214 g/mol. The smallest absolute Gasteiger partial charge is 0.0697 e. The van der Waals surface area contributed by atoms with E-state index >= 15 is 0 Å². The Morgan fingerprint density at radius 1 is 1.08 bits per heavy atom. The van der Waals surface area contributed by atoms with Crippen LogP contribution in [0.1, 0.15) is 5.56 Å². The molecule has 0 aromatic heterocycles. The molecule has 0 bridgehead atoms. The first-order valence-electron chi connectivity index (χ1n) is 3.88. The van der Waals surface area contributed by atoms with Crippen molar-refractivity contribution in [1.29, 1.82) is 0 Å². The van der Waals surface area contributed by atoms with Gasteiger partial charge in [0.05, 0.1) is 11.4 Å². The molecule has 0 radical (unpaired) electrons. The third-order valence-electron chi connectivity index (χ3n) is 1.90. The molecule has 0 heterocycles. The molecule has 1 rings (SSSR count). The summed E-state index contributed by atoms with van der Waals surface area (Å²) in [6.07, 6.45) is 4.07. The van der Waals surface area contributed by atoms with Crippen LogP contribution < -0.4 is 11.5 Å². The standard InChI is InChI=1S/C9H14N2S2/c1-5-4-6(10)7(11)9(13-3)8(5)12-2/h4H,10-11H2,1-3H3. The predicted molar refractivity (Wildman–Crippen MR) is 63.6 cm³/mol. The molecule has 0 unspecified atom stereocenters. The van der Waals surface area contributed by atoms with Gasteiger partial charge in [-0.1, -0.05) is 0 Å². The van der Waals surface area contributed by atoms with Crippen molar-refractivity contribution in [2.75, 3.05) is 24.0 Å². The summed E-state index contributed by atoms with van der Waals surface area (Å²) < 4.78 is 0. The van der Waals surface area contributed by atoms with Gasteiger partial charge in [0.15, 0.2) is 0 Å². The van der Waals surface area contributed by atoms with Crippen LogP contribution in [-0.2, 0) is 0 Å². The third kappa shape index (κ3) is 1.89. The minimum Gasteiger partial charge on any atom is -0.397 e. The van der Waals surface area contributed by atoms with E-state index < -0.39 is 0 Å². The molecule has 1 aromatic carbocycles. The Bertz CT molecular complexity index is 324. The van der Waals surface area contributed by atoms with E-state index in [0.717, 1.165) is 4.90 Å². The highest BCUT2D eigenvalue weighted by Crippen LogP contribution is 2.38. The molecule has 0 spiro atoms. The summed E-state index contributed by atoms with van der Waals surface area (Å²) in [7, 11) is 0. The average Bonchev–Trinajstić information content (AvgIpc) is 2.10. The van der Waals surface area contributed by atoms with Gasteiger partial charge in [-0.25, -0.2) is 0 Å². The fourth-order valence-electron chi connectivity index (χ4n) is 1.27. The molecule has 0 saturated carbocycles. The second kappa shape index (κ2) is 4.15. The van der Waals surface area contributed by atoms with E-state index in [0.29, 0.717) is 11.4 Å². The molecule has 72 valence electrons. The summed E-state index contributed by atoms with van der Waals surface area (Å²) in [4.78, 5) is 2.34. The van der Waals surface area contributed by atoms with Gasteiger partial charge in [0, 0.05) is 9.79 Å². The molecule has 0 aliphatic rings. The Kier molecular flexibility index (Phi) is 3.39. The predicted octanol–water partition coefficient (Wildman–Crippen LogP) is 2.60. The number of nitrogen functional groups attached to an aromatic ring is 2. The number of thioether (sulfide) groups is 2. The van der Waals surface area contributed by atoms with Crippen molar-refractivity contribution in [1.82, 2.24) is 0 Å². The Balaban J connectivity index is 3.41. The zero-order valence-corrected chi connectivity index (χ0v) is 9.68. The van der Waals surface area contributed by atoms with Crippen molar-refractivity contribution in [2.45, 2.75) is 16.7 Å². The quantitative estimate of drug-likeness (QED) is 0.587. The minimum atomic E-state index is 0.680. The van der Waals surface area contributed by atoms with E-state index in [1.54, 1.807) is 23.5 Å². The summed E-state index contributed by atoms with van der Waals surface area (Å²) >= 11 is 3.36. The van der Waals surface area contributed by atoms with Crippen molar-refractivity contribution in [3.8, 4) is 0 Å². The van der Waals surface area contributed by atoms with Crippen molar-refractivity contribution >= 4 is 34.9 Å². The molecule has 4 N–H and O–H groups in total. The topological polar surface area (TPSA) is 52.0 Å². The molecule has 13 heavy (non-hydrogen) atoms. The zero-order valence-electron chi connectivity index (χ0n) is 8.05. The largest absolute Gasteiger partial charge is 0.397 e. The molecule has 0 saturated heterocycles. The third-order valence-corrected chi connectivity index (χ3v) is 3.80. The van der Waals surface area contributed by atoms with Crippen LogP contribution in [0.4, 0.5) is 11.4 Å². The van der Waals surface area contributed by atoms with E-state index in [4.69, 9.17) is 11.5 Å². The summed E-state index contributed by atoms with van der Waals surface area (Å²) in [5.74, 6) is 0. The van der Waals surface area contributed by atoms with Crippen LogP contribution in [-0.4, -0.2) is 12.5 Å². The molecular formula is C9H14N2S2. The zero-order chi connectivity index (χ0) is 10.0. The lowest BCUT2D eigenvalue weighted by Gasteiger charge is -2.13. The van der Waals surface area contributed by atoms with Crippen LogP contribution >= 0.6 is 23.5 Å². The minimum absolute atomic E-state index is 0.680. The Morgan fingerprint density at radius 2 is 1.62 bits per heavy atom. The Hall–Kier alpha value is -0.480. The Morgan fingerprint density at radius 3 is 2.08 bits per heavy atom. The van der Waals surface area contributed by atoms with Crippen LogP contribution in [0, 0.1) is 6.92 Å². The molecule has 0 aliphatic carbocycles. The van der Waals surface area contributed by atoms with Gasteiger partial charge in [0.2, 0.25) is 0 Å². The first-order valence-corrected chi connectivity index (χ1v) is 6.33. The lowest BCUT2D eigenvalue weighted by Crippen LogP contribution is -1.99. The summed E-state index contributed by atoms with van der Waals surface area (Å²) in [6, 6.07) is 1.93. The Labute approximate surface area is 87.5 Å². The van der Waals surface area contributed by atoms with Gasteiger partial charge in [-0.3, -0.25) is 0 Å². The van der Waals surface area contributed by atoms with Gasteiger partial charge in [-0.05, 0) is 31.1 Å². The number of nitrogens with two attached hydrogens (primary N) is 2. The molecule has 0 atom stereocenters. The van der Waals surface area contributed by atoms with Crippen molar-refractivity contribution < 1.29 is 0 Å². The van der Waals surface area contributed by atoms with Crippen molar-refractivity contribution in [2.24, 2.45) is 0 Å². The SMILES string of the molecule is CSc1c(C)cc(N)c(N)c1SC. The van der Waals surface area contributed by atoms with Crippen molar-refractivity contribution in [3.05, 3.63) is 11.6 Å². The van der Waals surface area contributed by atoms with Gasteiger partial charge in [0.1, 0.15) is 0 Å². The number of hydrogen-bond donors (Lipinski definition) is 2. The molecular weight excluding hydrogens is 200 g/mol. The van der Waals surface area contributed by atoms with E-state index in [-0.39, 0.29) is 0 Å². The maximum atomic E-state index is 5.88. The highest BCUT2D eigenvalue weighted by Gasteiger charge is 2.10. The summed E-state index contributed by atoms with van der Waals surface area (Å²) in [6.45, 7) is 2.06.